The van der Waals surface area contributed by atoms with Crippen molar-refractivity contribution in [2.45, 2.75) is 90.9 Å². The van der Waals surface area contributed by atoms with E-state index in [1.54, 1.807) is 0 Å². The van der Waals surface area contributed by atoms with Gasteiger partial charge in [-0.1, -0.05) is 65.2 Å². The molecule has 4 N–H and O–H groups in total. The van der Waals surface area contributed by atoms with Crippen LogP contribution in [0.25, 0.3) is 0 Å². The molecule has 0 bridgehead atoms. The summed E-state index contributed by atoms with van der Waals surface area (Å²) in [6, 6.07) is 0. The van der Waals surface area contributed by atoms with Gasteiger partial charge in [-0.15, -0.1) is 0 Å². The molecule has 2 amide bonds. The van der Waals surface area contributed by atoms with Gasteiger partial charge < -0.3 is 20.8 Å². The first kappa shape index (κ1) is 27.8. The minimum absolute atomic E-state index is 0.0119. The van der Waals surface area contributed by atoms with E-state index in [4.69, 9.17) is 0 Å². The van der Waals surface area contributed by atoms with Crippen LogP contribution in [0.4, 0.5) is 0 Å². The van der Waals surface area contributed by atoms with Crippen LogP contribution in [0.15, 0.2) is 0 Å². The number of nitrogens with zero attached hydrogens (tertiary/aromatic N) is 1. The van der Waals surface area contributed by atoms with Crippen molar-refractivity contribution in [1.29, 1.82) is 0 Å². The van der Waals surface area contributed by atoms with Gasteiger partial charge in [0.2, 0.25) is 11.8 Å². The molecule has 0 aliphatic heterocycles. The topological polar surface area (TPSA) is 98.7 Å². The number of nitrogens with one attached hydrogen (secondary N) is 2. The van der Waals surface area contributed by atoms with Gasteiger partial charge in [0.1, 0.15) is 13.1 Å². The lowest BCUT2D eigenvalue weighted by Crippen LogP contribution is -2.61. The van der Waals surface area contributed by atoms with Crippen molar-refractivity contribution in [3.8, 4) is 0 Å². The first-order valence-electron chi connectivity index (χ1n) is 11.6. The lowest BCUT2D eigenvalue weighted by atomic mass is 10.1. The van der Waals surface area contributed by atoms with E-state index in [0.29, 0.717) is 39.3 Å². The summed E-state index contributed by atoms with van der Waals surface area (Å²) in [5, 5.41) is 24.8. The van der Waals surface area contributed by atoms with Crippen LogP contribution < -0.4 is 10.6 Å². The Hall–Kier alpha value is -1.18. The Labute approximate surface area is 177 Å². The third-order valence-electron chi connectivity index (χ3n) is 5.39. The highest BCUT2D eigenvalue weighted by Gasteiger charge is 2.27. The van der Waals surface area contributed by atoms with Crippen LogP contribution in [0.2, 0.25) is 0 Å². The third kappa shape index (κ3) is 15.3. The van der Waals surface area contributed by atoms with Crippen molar-refractivity contribution in [1.82, 2.24) is 10.6 Å². The Morgan fingerprint density at radius 2 is 1.03 bits per heavy atom. The van der Waals surface area contributed by atoms with Crippen LogP contribution in [0.5, 0.6) is 0 Å². The highest BCUT2D eigenvalue weighted by atomic mass is 16.3. The number of quaternary nitrogens is 1. The number of unbranched alkanes of at least 4 members (excludes halogenated alkanes) is 8. The highest BCUT2D eigenvalue weighted by Crippen LogP contribution is 2.08. The number of rotatable bonds is 20. The summed E-state index contributed by atoms with van der Waals surface area (Å²) in [4.78, 5) is 24.3. The van der Waals surface area contributed by atoms with Gasteiger partial charge in [-0.25, -0.2) is 0 Å². The second kappa shape index (κ2) is 18.8. The zero-order valence-electron chi connectivity index (χ0n) is 18.9. The molecule has 0 radical (unpaired) electrons. The van der Waals surface area contributed by atoms with Crippen molar-refractivity contribution in [2.75, 3.05) is 39.6 Å². The summed E-state index contributed by atoms with van der Waals surface area (Å²) in [5.41, 5.74) is 0. The minimum atomic E-state index is -0.0697. The molecule has 0 heterocycles. The van der Waals surface area contributed by atoms with Gasteiger partial charge in [0, 0.05) is 12.8 Å². The predicted octanol–water partition coefficient (Wildman–Crippen LogP) is 2.66. The number of aliphatic hydroxyl groups excluding tert-OH is 2. The average Bonchev–Trinajstić information content (AvgIpc) is 2.71. The zero-order chi connectivity index (χ0) is 21.8. The van der Waals surface area contributed by atoms with Crippen LogP contribution in [0.1, 0.15) is 90.9 Å². The quantitative estimate of drug-likeness (QED) is 0.139. The van der Waals surface area contributed by atoms with Crippen molar-refractivity contribution in [2.24, 2.45) is 0 Å². The molecule has 172 valence electrons. The van der Waals surface area contributed by atoms with E-state index in [0.717, 1.165) is 38.5 Å². The van der Waals surface area contributed by atoms with Gasteiger partial charge in [-0.05, 0) is 12.8 Å². The standard InChI is InChI=1S/C22H45N3O4/c1-3-5-7-9-11-13-21(28)23-19-25(15-17-26,16-18-27)20-24-22(29)14-12-10-8-6-4-2/h26-27H,3-20H2,1-2H3,(H-,23,24,28,29)/p+1. The fraction of sp³-hybridized carbons (Fsp3) is 0.909. The van der Waals surface area contributed by atoms with Crippen LogP contribution in [0.3, 0.4) is 0 Å². The van der Waals surface area contributed by atoms with Crippen molar-refractivity contribution in [3.63, 3.8) is 0 Å². The molecule has 0 aromatic carbocycles. The van der Waals surface area contributed by atoms with E-state index in [9.17, 15) is 19.8 Å². The molecule has 0 aliphatic carbocycles. The largest absolute Gasteiger partial charge is 0.391 e. The lowest BCUT2D eigenvalue weighted by Gasteiger charge is -2.37. The number of amides is 2. The smallest absolute Gasteiger partial charge is 0.224 e. The molecule has 0 aliphatic rings. The van der Waals surface area contributed by atoms with Crippen LogP contribution in [-0.2, 0) is 9.59 Å². The molecule has 0 unspecified atom stereocenters. The fourth-order valence-electron chi connectivity index (χ4n) is 3.37. The molecule has 0 saturated heterocycles. The molecule has 7 heteroatoms. The molecular weight excluding hydrogens is 370 g/mol. The van der Waals surface area contributed by atoms with E-state index in [-0.39, 0.29) is 29.5 Å². The highest BCUT2D eigenvalue weighted by molar-refractivity contribution is 5.76. The lowest BCUT2D eigenvalue weighted by molar-refractivity contribution is -0.932. The Morgan fingerprint density at radius 1 is 0.655 bits per heavy atom. The summed E-state index contributed by atoms with van der Waals surface area (Å²) in [5.74, 6) is -0.0238. The van der Waals surface area contributed by atoms with Crippen molar-refractivity contribution in [3.05, 3.63) is 0 Å². The number of hydrogen-bond donors (Lipinski definition) is 4. The Morgan fingerprint density at radius 3 is 1.38 bits per heavy atom. The van der Waals surface area contributed by atoms with Gasteiger partial charge in [-0.2, -0.15) is 0 Å². The second-order valence-electron chi connectivity index (χ2n) is 8.08. The van der Waals surface area contributed by atoms with Crippen molar-refractivity contribution < 1.29 is 24.3 Å². The zero-order valence-corrected chi connectivity index (χ0v) is 18.9. The summed E-state index contributed by atoms with van der Waals surface area (Å²) in [6.45, 7) is 5.52. The molecule has 0 saturated carbocycles. The van der Waals surface area contributed by atoms with E-state index in [2.05, 4.69) is 24.5 Å². The molecule has 0 atom stereocenters. The third-order valence-corrected chi connectivity index (χ3v) is 5.39. The van der Waals surface area contributed by atoms with E-state index in [1.165, 1.54) is 25.7 Å². The van der Waals surface area contributed by atoms with Crippen molar-refractivity contribution >= 4 is 11.8 Å². The maximum absolute atomic E-state index is 12.2. The van der Waals surface area contributed by atoms with E-state index >= 15 is 0 Å². The second-order valence-corrected chi connectivity index (χ2v) is 8.08. The minimum Gasteiger partial charge on any atom is -0.391 e. The Bertz CT molecular complexity index is 381. The SMILES string of the molecule is CCCCCCCC(=O)NC[N+](CCO)(CCO)CNC(=O)CCCCCCC. The van der Waals surface area contributed by atoms with Gasteiger partial charge >= 0.3 is 0 Å². The van der Waals surface area contributed by atoms with Gasteiger partial charge in [0.15, 0.2) is 13.3 Å². The normalized spacial score (nSPS) is 11.4. The molecule has 0 spiro atoms. The molecular formula is C22H46N3O4+. The molecule has 0 aromatic heterocycles. The van der Waals surface area contributed by atoms with Crippen LogP contribution in [0, 0.1) is 0 Å². The van der Waals surface area contributed by atoms with Gasteiger partial charge in [0.25, 0.3) is 0 Å². The van der Waals surface area contributed by atoms with Gasteiger partial charge in [-0.3, -0.25) is 14.1 Å². The number of carbonyl (C=O) groups excluding carboxylic acids is 2. The Balaban J connectivity index is 4.41. The average molecular weight is 417 g/mol. The monoisotopic (exact) mass is 416 g/mol. The van der Waals surface area contributed by atoms with E-state index in [1.807, 2.05) is 0 Å². The number of hydrogen-bond acceptors (Lipinski definition) is 4. The molecule has 0 aromatic rings. The van der Waals surface area contributed by atoms with E-state index < -0.39 is 0 Å². The summed E-state index contributed by atoms with van der Waals surface area (Å²) in [7, 11) is 0. The van der Waals surface area contributed by atoms with Gasteiger partial charge in [0.05, 0.1) is 13.2 Å². The summed E-state index contributed by atoms with van der Waals surface area (Å²) in [6.07, 6.45) is 11.9. The number of carbonyl (C=O) groups is 2. The Kier molecular flexibility index (Phi) is 18.1. The molecule has 7 nitrogen and oxygen atoms in total. The number of aliphatic hydroxyl groups is 2. The maximum atomic E-state index is 12.2. The van der Waals surface area contributed by atoms with Crippen LogP contribution >= 0.6 is 0 Å². The first-order valence-corrected chi connectivity index (χ1v) is 11.6. The molecule has 29 heavy (non-hydrogen) atoms. The first-order chi connectivity index (χ1) is 14.0. The summed E-state index contributed by atoms with van der Waals surface area (Å²) < 4.78 is 0.246. The fourth-order valence-corrected chi connectivity index (χ4v) is 3.37. The maximum Gasteiger partial charge on any atom is 0.224 e. The summed E-state index contributed by atoms with van der Waals surface area (Å²) >= 11 is 0. The molecule has 0 rings (SSSR count). The predicted molar refractivity (Wildman–Crippen MR) is 117 cm³/mol. The van der Waals surface area contributed by atoms with Crippen LogP contribution in [-0.4, -0.2) is 66.2 Å². The molecule has 0 fully saturated rings.